The van der Waals surface area contributed by atoms with E-state index in [0.29, 0.717) is 18.0 Å². The number of carbonyl (C=O) groups is 2. The zero-order valence-electron chi connectivity index (χ0n) is 21.1. The minimum atomic E-state index is -0.491. The molecule has 2 heterocycles. The number of nitrogens with zero attached hydrogens (tertiary/aromatic N) is 2. The van der Waals surface area contributed by atoms with Gasteiger partial charge in [0.05, 0.1) is 12.8 Å². The number of hydrogen-bond donors (Lipinski definition) is 2. The first-order valence-electron chi connectivity index (χ1n) is 12.6. The van der Waals surface area contributed by atoms with Gasteiger partial charge in [-0.2, -0.15) is 0 Å². The fourth-order valence-corrected chi connectivity index (χ4v) is 4.39. The molecule has 35 heavy (non-hydrogen) atoms. The van der Waals surface area contributed by atoms with Crippen LogP contribution in [0.3, 0.4) is 0 Å². The number of carbonyl (C=O) groups excluding carboxylic acids is 2. The zero-order chi connectivity index (χ0) is 25.2. The number of likely N-dealkylation sites (tertiary alicyclic amines) is 1. The highest BCUT2D eigenvalue weighted by Crippen LogP contribution is 2.23. The molecule has 0 saturated carbocycles. The Hall–Kier alpha value is -3.13. The topological polar surface area (TPSA) is 92.7 Å². The maximum Gasteiger partial charge on any atom is 0.264 e. The summed E-state index contributed by atoms with van der Waals surface area (Å²) in [4.78, 5) is 41.2. The van der Waals surface area contributed by atoms with Gasteiger partial charge in [-0.05, 0) is 83.4 Å². The average molecular weight is 483 g/mol. The smallest absolute Gasteiger partial charge is 0.264 e. The number of amides is 2. The number of hydrogen-bond acceptors (Lipinski definition) is 5. The van der Waals surface area contributed by atoms with Crippen LogP contribution in [0, 0.1) is 0 Å². The van der Waals surface area contributed by atoms with Gasteiger partial charge in [0.15, 0.2) is 0 Å². The number of nitrogens with one attached hydrogen (secondary N) is 2. The predicted molar refractivity (Wildman–Crippen MR) is 138 cm³/mol. The minimum absolute atomic E-state index is 0.0324. The van der Waals surface area contributed by atoms with Crippen LogP contribution in [0.25, 0.3) is 11.3 Å². The van der Waals surface area contributed by atoms with Crippen LogP contribution in [0.15, 0.2) is 41.2 Å². The largest absolute Gasteiger partial charge is 0.497 e. The molecule has 0 bridgehead atoms. The monoisotopic (exact) mass is 482 g/mol. The molecule has 1 aromatic heterocycles. The zero-order valence-corrected chi connectivity index (χ0v) is 21.1. The molecule has 2 amide bonds. The van der Waals surface area contributed by atoms with Crippen molar-refractivity contribution in [3.8, 4) is 17.0 Å². The van der Waals surface area contributed by atoms with Crippen LogP contribution in [0.5, 0.6) is 5.75 Å². The van der Waals surface area contributed by atoms with E-state index in [4.69, 9.17) is 4.74 Å². The Bertz CT molecular complexity index is 1060. The summed E-state index contributed by atoms with van der Waals surface area (Å²) in [7, 11) is 1.57. The van der Waals surface area contributed by atoms with Crippen molar-refractivity contribution in [1.29, 1.82) is 0 Å². The van der Waals surface area contributed by atoms with Crippen molar-refractivity contribution < 1.29 is 14.3 Å². The van der Waals surface area contributed by atoms with E-state index in [1.165, 1.54) is 29.9 Å². The van der Waals surface area contributed by atoms with Crippen LogP contribution in [0.2, 0.25) is 0 Å². The molecular formula is C27H38N4O4. The lowest BCUT2D eigenvalue weighted by atomic mass is 10.1. The summed E-state index contributed by atoms with van der Waals surface area (Å²) in [5.74, 6) is -0.0656. The maximum absolute atomic E-state index is 13.4. The molecule has 1 aliphatic heterocycles. The third-order valence-electron chi connectivity index (χ3n) is 6.17. The molecule has 190 valence electrons. The second-order valence-electron chi connectivity index (χ2n) is 9.34. The summed E-state index contributed by atoms with van der Waals surface area (Å²) >= 11 is 0. The number of benzene rings is 1. The molecule has 2 aromatic rings. The normalized spacial score (nSPS) is 14.1. The van der Waals surface area contributed by atoms with Gasteiger partial charge in [0.2, 0.25) is 5.91 Å². The Morgan fingerprint density at radius 3 is 2.54 bits per heavy atom. The Morgan fingerprint density at radius 2 is 1.83 bits per heavy atom. The number of pyridine rings is 1. The summed E-state index contributed by atoms with van der Waals surface area (Å²) in [5.41, 5.74) is 0.814. The molecule has 0 spiro atoms. The molecular weight excluding hydrogens is 444 g/mol. The summed E-state index contributed by atoms with van der Waals surface area (Å²) in [6, 6.07) is 10.5. The van der Waals surface area contributed by atoms with E-state index < -0.39 is 11.5 Å². The first-order chi connectivity index (χ1) is 16.9. The van der Waals surface area contributed by atoms with E-state index in [1.54, 1.807) is 19.2 Å². The van der Waals surface area contributed by atoms with Gasteiger partial charge in [0.25, 0.3) is 11.5 Å². The van der Waals surface area contributed by atoms with Gasteiger partial charge in [-0.3, -0.25) is 19.0 Å². The Labute approximate surface area is 207 Å². The number of aromatic nitrogens is 1. The number of rotatable bonds is 11. The van der Waals surface area contributed by atoms with Gasteiger partial charge in [0, 0.05) is 18.2 Å². The van der Waals surface area contributed by atoms with Crippen molar-refractivity contribution in [2.45, 2.75) is 58.5 Å². The third-order valence-corrected chi connectivity index (χ3v) is 6.17. The van der Waals surface area contributed by atoms with E-state index in [-0.39, 0.29) is 24.1 Å². The SMILES string of the molecule is COc1cccc(-c2ccc(C(=O)NCCCCN3CCCCC3)c(=O)n2CC(=O)NC(C)C)c1. The van der Waals surface area contributed by atoms with Gasteiger partial charge >= 0.3 is 0 Å². The molecule has 0 atom stereocenters. The molecule has 0 unspecified atom stereocenters. The number of methoxy groups -OCH3 is 1. The Balaban J connectivity index is 1.73. The second kappa shape index (κ2) is 13.1. The van der Waals surface area contributed by atoms with Crippen molar-refractivity contribution in [1.82, 2.24) is 20.1 Å². The number of piperidine rings is 1. The fourth-order valence-electron chi connectivity index (χ4n) is 4.39. The van der Waals surface area contributed by atoms with Gasteiger partial charge in [0.1, 0.15) is 17.9 Å². The number of ether oxygens (including phenoxy) is 1. The molecule has 1 aromatic carbocycles. The quantitative estimate of drug-likeness (QED) is 0.480. The van der Waals surface area contributed by atoms with Crippen molar-refractivity contribution in [2.75, 3.05) is 33.3 Å². The molecule has 2 N–H and O–H groups in total. The predicted octanol–water partition coefficient (Wildman–Crippen LogP) is 3.04. The van der Waals surface area contributed by atoms with Crippen LogP contribution in [-0.4, -0.2) is 60.6 Å². The molecule has 1 saturated heterocycles. The Morgan fingerprint density at radius 1 is 1.06 bits per heavy atom. The summed E-state index contributed by atoms with van der Waals surface area (Å²) in [6.07, 6.45) is 5.72. The second-order valence-corrected chi connectivity index (χ2v) is 9.34. The van der Waals surface area contributed by atoms with Crippen molar-refractivity contribution in [3.63, 3.8) is 0 Å². The maximum atomic E-state index is 13.4. The average Bonchev–Trinajstić information content (AvgIpc) is 2.85. The molecule has 0 radical (unpaired) electrons. The van der Waals surface area contributed by atoms with Gasteiger partial charge in [-0.25, -0.2) is 0 Å². The van der Waals surface area contributed by atoms with Crippen LogP contribution < -0.4 is 20.9 Å². The van der Waals surface area contributed by atoms with E-state index in [2.05, 4.69) is 15.5 Å². The van der Waals surface area contributed by atoms with Crippen molar-refractivity contribution >= 4 is 11.8 Å². The lowest BCUT2D eigenvalue weighted by Gasteiger charge is -2.26. The van der Waals surface area contributed by atoms with E-state index in [0.717, 1.165) is 38.0 Å². The first-order valence-corrected chi connectivity index (χ1v) is 12.6. The molecule has 8 nitrogen and oxygen atoms in total. The lowest BCUT2D eigenvalue weighted by Crippen LogP contribution is -2.39. The highest BCUT2D eigenvalue weighted by molar-refractivity contribution is 5.94. The molecule has 0 aliphatic carbocycles. The van der Waals surface area contributed by atoms with Gasteiger partial charge in [-0.15, -0.1) is 0 Å². The highest BCUT2D eigenvalue weighted by atomic mass is 16.5. The van der Waals surface area contributed by atoms with Gasteiger partial charge < -0.3 is 20.3 Å². The Kier molecular flexibility index (Phi) is 9.90. The molecule has 3 rings (SSSR count). The van der Waals surface area contributed by atoms with Gasteiger partial charge in [-0.1, -0.05) is 18.6 Å². The van der Waals surface area contributed by atoms with Crippen LogP contribution in [-0.2, 0) is 11.3 Å². The van der Waals surface area contributed by atoms with Crippen LogP contribution in [0.1, 0.15) is 56.3 Å². The third kappa shape index (κ3) is 7.68. The standard InChI is InChI=1S/C27H38N4O4/c1-20(2)29-25(32)19-31-24(21-10-9-11-22(18-21)35-3)13-12-23(27(31)34)26(33)28-14-5-8-17-30-15-6-4-7-16-30/h9-13,18,20H,4-8,14-17,19H2,1-3H3,(H,28,33)(H,29,32). The van der Waals surface area contributed by atoms with Crippen molar-refractivity contribution in [3.05, 3.63) is 52.3 Å². The summed E-state index contributed by atoms with van der Waals surface area (Å²) in [5, 5.41) is 5.69. The van der Waals surface area contributed by atoms with Crippen molar-refractivity contribution in [2.24, 2.45) is 0 Å². The fraction of sp³-hybridized carbons (Fsp3) is 0.519. The number of unbranched alkanes of at least 4 members (excludes halogenated alkanes) is 1. The first kappa shape index (κ1) is 26.5. The highest BCUT2D eigenvalue weighted by Gasteiger charge is 2.18. The minimum Gasteiger partial charge on any atom is -0.497 e. The van der Waals surface area contributed by atoms with Crippen LogP contribution >= 0.6 is 0 Å². The molecule has 8 heteroatoms. The van der Waals surface area contributed by atoms with Crippen LogP contribution in [0.4, 0.5) is 0 Å². The van der Waals surface area contributed by atoms with E-state index >= 15 is 0 Å². The summed E-state index contributed by atoms with van der Waals surface area (Å²) < 4.78 is 6.67. The molecule has 1 fully saturated rings. The lowest BCUT2D eigenvalue weighted by molar-refractivity contribution is -0.122. The van der Waals surface area contributed by atoms with E-state index in [9.17, 15) is 14.4 Å². The molecule has 1 aliphatic rings. The summed E-state index contributed by atoms with van der Waals surface area (Å²) in [6.45, 7) is 7.42. The van der Waals surface area contributed by atoms with E-state index in [1.807, 2.05) is 32.0 Å².